The molecule has 2 heteroatoms. The van der Waals surface area contributed by atoms with Gasteiger partial charge < -0.3 is 4.74 Å². The van der Waals surface area contributed by atoms with Crippen LogP contribution in [-0.2, 0) is 9.53 Å². The summed E-state index contributed by atoms with van der Waals surface area (Å²) in [6, 6.07) is 0. The molecule has 0 aromatic heterocycles. The summed E-state index contributed by atoms with van der Waals surface area (Å²) in [5.74, 6) is 1.05. The van der Waals surface area contributed by atoms with E-state index in [0.29, 0.717) is 11.8 Å². The first kappa shape index (κ1) is 10.5. The Hall–Kier alpha value is -1.05. The molecule has 0 N–H and O–H groups in total. The van der Waals surface area contributed by atoms with Crippen molar-refractivity contribution in [2.24, 2.45) is 17.8 Å². The Balaban J connectivity index is 1.98. The van der Waals surface area contributed by atoms with E-state index in [4.69, 9.17) is 4.74 Å². The van der Waals surface area contributed by atoms with Gasteiger partial charge in [-0.05, 0) is 44.6 Å². The molecule has 2 nitrogen and oxygen atoms in total. The Labute approximate surface area is 91.0 Å². The fraction of sp³-hybridized carbons (Fsp3) is 0.615. The average molecular weight is 206 g/mol. The Morgan fingerprint density at radius 3 is 2.67 bits per heavy atom. The van der Waals surface area contributed by atoms with Gasteiger partial charge in [0.25, 0.3) is 0 Å². The van der Waals surface area contributed by atoms with Crippen molar-refractivity contribution < 1.29 is 9.53 Å². The number of fused-ring (bicyclic) bond motifs is 2. The predicted octanol–water partition coefficient (Wildman–Crippen LogP) is 2.71. The molecule has 0 amide bonds. The van der Waals surface area contributed by atoms with E-state index >= 15 is 0 Å². The topological polar surface area (TPSA) is 26.3 Å². The van der Waals surface area contributed by atoms with Gasteiger partial charge >= 0.3 is 5.97 Å². The SMILES string of the molecule is C=CC(C)(C)OC(=O)C1CC2C=CC1C2. The summed E-state index contributed by atoms with van der Waals surface area (Å²) < 4.78 is 5.43. The highest BCUT2D eigenvalue weighted by Crippen LogP contribution is 2.44. The highest BCUT2D eigenvalue weighted by atomic mass is 16.6. The molecule has 15 heavy (non-hydrogen) atoms. The van der Waals surface area contributed by atoms with Crippen LogP contribution in [-0.4, -0.2) is 11.6 Å². The zero-order chi connectivity index (χ0) is 11.1. The third kappa shape index (κ3) is 1.99. The van der Waals surface area contributed by atoms with Crippen LogP contribution in [0, 0.1) is 17.8 Å². The van der Waals surface area contributed by atoms with Crippen molar-refractivity contribution in [3.63, 3.8) is 0 Å². The van der Waals surface area contributed by atoms with Crippen molar-refractivity contribution in [2.45, 2.75) is 32.3 Å². The molecule has 1 saturated carbocycles. The fourth-order valence-corrected chi connectivity index (χ4v) is 2.43. The van der Waals surface area contributed by atoms with Crippen molar-refractivity contribution in [1.82, 2.24) is 0 Å². The minimum atomic E-state index is -0.539. The minimum absolute atomic E-state index is 0.0586. The molecule has 0 aromatic rings. The molecular formula is C13H18O2. The standard InChI is InChI=1S/C13H18O2/c1-4-13(2,3)15-12(14)11-8-9-5-6-10(11)7-9/h4-6,9-11H,1,7-8H2,2-3H3. The van der Waals surface area contributed by atoms with E-state index in [2.05, 4.69) is 18.7 Å². The van der Waals surface area contributed by atoms with Gasteiger partial charge in [-0.3, -0.25) is 4.79 Å². The van der Waals surface area contributed by atoms with Crippen molar-refractivity contribution in [3.05, 3.63) is 24.8 Å². The number of hydrogen-bond donors (Lipinski definition) is 0. The van der Waals surface area contributed by atoms with E-state index in [1.807, 2.05) is 13.8 Å². The lowest BCUT2D eigenvalue weighted by molar-refractivity contribution is -0.158. The van der Waals surface area contributed by atoms with Gasteiger partial charge in [0.1, 0.15) is 5.60 Å². The Morgan fingerprint density at radius 2 is 2.20 bits per heavy atom. The Kier molecular flexibility index (Phi) is 2.45. The van der Waals surface area contributed by atoms with Gasteiger partial charge in [0.2, 0.25) is 0 Å². The second-order valence-corrected chi connectivity index (χ2v) is 5.12. The molecule has 0 spiro atoms. The third-order valence-electron chi connectivity index (χ3n) is 3.44. The molecule has 82 valence electrons. The molecular weight excluding hydrogens is 188 g/mol. The zero-order valence-corrected chi connectivity index (χ0v) is 9.40. The summed E-state index contributed by atoms with van der Waals surface area (Å²) in [6.07, 6.45) is 8.17. The third-order valence-corrected chi connectivity index (χ3v) is 3.44. The first-order chi connectivity index (χ1) is 7.02. The molecule has 0 aromatic carbocycles. The predicted molar refractivity (Wildman–Crippen MR) is 59.2 cm³/mol. The molecule has 1 fully saturated rings. The van der Waals surface area contributed by atoms with E-state index < -0.39 is 5.60 Å². The maximum absolute atomic E-state index is 11.9. The number of rotatable bonds is 3. The van der Waals surface area contributed by atoms with Crippen molar-refractivity contribution >= 4 is 5.97 Å². The lowest BCUT2D eigenvalue weighted by Crippen LogP contribution is -2.31. The maximum Gasteiger partial charge on any atom is 0.310 e. The van der Waals surface area contributed by atoms with Gasteiger partial charge in [-0.25, -0.2) is 0 Å². The number of carbonyl (C=O) groups excluding carboxylic acids is 1. The van der Waals surface area contributed by atoms with Crippen LogP contribution in [0.25, 0.3) is 0 Å². The zero-order valence-electron chi connectivity index (χ0n) is 9.40. The lowest BCUT2D eigenvalue weighted by Gasteiger charge is -2.25. The average Bonchev–Trinajstić information content (AvgIpc) is 2.78. The van der Waals surface area contributed by atoms with E-state index in [1.165, 1.54) is 0 Å². The summed E-state index contributed by atoms with van der Waals surface area (Å²) in [6.45, 7) is 7.39. The second kappa shape index (κ2) is 3.51. The molecule has 3 atom stereocenters. The van der Waals surface area contributed by atoms with Gasteiger partial charge in [-0.1, -0.05) is 18.7 Å². The minimum Gasteiger partial charge on any atom is -0.455 e. The summed E-state index contributed by atoms with van der Waals surface area (Å²) >= 11 is 0. The van der Waals surface area contributed by atoms with Crippen LogP contribution in [0.3, 0.4) is 0 Å². The van der Waals surface area contributed by atoms with Gasteiger partial charge in [-0.15, -0.1) is 0 Å². The van der Waals surface area contributed by atoms with Crippen LogP contribution in [0.15, 0.2) is 24.8 Å². The summed E-state index contributed by atoms with van der Waals surface area (Å²) in [5.41, 5.74) is -0.539. The van der Waals surface area contributed by atoms with Gasteiger partial charge in [0, 0.05) is 0 Å². The van der Waals surface area contributed by atoms with Crippen LogP contribution in [0.5, 0.6) is 0 Å². The number of ether oxygens (including phenoxy) is 1. The van der Waals surface area contributed by atoms with Crippen molar-refractivity contribution in [2.75, 3.05) is 0 Å². The van der Waals surface area contributed by atoms with Gasteiger partial charge in [-0.2, -0.15) is 0 Å². The van der Waals surface area contributed by atoms with E-state index in [0.717, 1.165) is 12.8 Å². The fourth-order valence-electron chi connectivity index (χ4n) is 2.43. The summed E-state index contributed by atoms with van der Waals surface area (Å²) in [5, 5.41) is 0. The molecule has 2 aliphatic carbocycles. The van der Waals surface area contributed by atoms with Gasteiger partial charge in [0.05, 0.1) is 5.92 Å². The number of hydrogen-bond acceptors (Lipinski definition) is 2. The van der Waals surface area contributed by atoms with Crippen LogP contribution in [0.1, 0.15) is 26.7 Å². The largest absolute Gasteiger partial charge is 0.455 e. The van der Waals surface area contributed by atoms with E-state index in [1.54, 1.807) is 6.08 Å². The molecule has 0 aliphatic heterocycles. The van der Waals surface area contributed by atoms with Crippen LogP contribution in [0.2, 0.25) is 0 Å². The smallest absolute Gasteiger partial charge is 0.310 e. The van der Waals surface area contributed by atoms with E-state index in [9.17, 15) is 4.79 Å². The monoisotopic (exact) mass is 206 g/mol. The number of carbonyl (C=O) groups is 1. The molecule has 0 saturated heterocycles. The van der Waals surface area contributed by atoms with Crippen molar-refractivity contribution in [3.8, 4) is 0 Å². The molecule has 2 aliphatic rings. The van der Waals surface area contributed by atoms with Crippen molar-refractivity contribution in [1.29, 1.82) is 0 Å². The van der Waals surface area contributed by atoms with Crippen LogP contribution < -0.4 is 0 Å². The Morgan fingerprint density at radius 1 is 1.47 bits per heavy atom. The van der Waals surface area contributed by atoms with Gasteiger partial charge in [0.15, 0.2) is 0 Å². The van der Waals surface area contributed by atoms with Crippen LogP contribution in [0.4, 0.5) is 0 Å². The maximum atomic E-state index is 11.9. The second-order valence-electron chi connectivity index (χ2n) is 5.12. The van der Waals surface area contributed by atoms with Crippen LogP contribution >= 0.6 is 0 Å². The molecule has 0 heterocycles. The van der Waals surface area contributed by atoms with E-state index in [-0.39, 0.29) is 11.9 Å². The summed E-state index contributed by atoms with van der Waals surface area (Å²) in [4.78, 5) is 11.9. The molecule has 2 bridgehead atoms. The number of esters is 1. The Bertz CT molecular complexity index is 314. The molecule has 0 radical (unpaired) electrons. The molecule has 3 unspecified atom stereocenters. The molecule has 2 rings (SSSR count). The number of allylic oxidation sites excluding steroid dienone is 2. The first-order valence-electron chi connectivity index (χ1n) is 5.56. The highest BCUT2D eigenvalue weighted by molar-refractivity contribution is 5.74. The lowest BCUT2D eigenvalue weighted by atomic mass is 9.93. The highest BCUT2D eigenvalue weighted by Gasteiger charge is 2.41. The first-order valence-corrected chi connectivity index (χ1v) is 5.56. The normalized spacial score (nSPS) is 33.1. The quantitative estimate of drug-likeness (QED) is 0.524. The summed E-state index contributed by atoms with van der Waals surface area (Å²) in [7, 11) is 0.